The average molecular weight is 326 g/mol. The summed E-state index contributed by atoms with van der Waals surface area (Å²) in [4.78, 5) is 9.74. The van der Waals surface area contributed by atoms with E-state index >= 15 is 0 Å². The summed E-state index contributed by atoms with van der Waals surface area (Å²) in [7, 11) is 0. The molecule has 3 aromatic rings. The summed E-state index contributed by atoms with van der Waals surface area (Å²) in [5, 5.41) is 0. The van der Waals surface area contributed by atoms with Gasteiger partial charge >= 0.3 is 0 Å². The second kappa shape index (κ2) is 5.14. The molecule has 2 saturated carbocycles. The van der Waals surface area contributed by atoms with Crippen LogP contribution in [0, 0.1) is 11.8 Å². The van der Waals surface area contributed by atoms with Gasteiger partial charge in [0.15, 0.2) is 0 Å². The van der Waals surface area contributed by atoms with Gasteiger partial charge in [-0.1, -0.05) is 30.3 Å². The van der Waals surface area contributed by atoms with Crippen LogP contribution in [-0.4, -0.2) is 9.97 Å². The van der Waals surface area contributed by atoms with Gasteiger partial charge in [-0.2, -0.15) is 0 Å². The smallest absolute Gasteiger partial charge is 0.0897 e. The minimum Gasteiger partial charge on any atom is -0.252 e. The van der Waals surface area contributed by atoms with E-state index in [0.717, 1.165) is 46.0 Å². The van der Waals surface area contributed by atoms with E-state index in [1.54, 1.807) is 11.1 Å². The lowest BCUT2D eigenvalue weighted by Crippen LogP contribution is -2.25. The van der Waals surface area contributed by atoms with Gasteiger partial charge in [-0.15, -0.1) is 0 Å². The summed E-state index contributed by atoms with van der Waals surface area (Å²) in [5.74, 6) is 3.45. The molecule has 25 heavy (non-hydrogen) atoms. The van der Waals surface area contributed by atoms with Crippen molar-refractivity contribution < 1.29 is 0 Å². The third kappa shape index (κ3) is 2.16. The molecule has 2 heteroatoms. The summed E-state index contributed by atoms with van der Waals surface area (Å²) in [5.41, 5.74) is 7.46. The maximum Gasteiger partial charge on any atom is 0.0897 e. The fourth-order valence-electron chi connectivity index (χ4n) is 5.91. The molecule has 4 bridgehead atoms. The van der Waals surface area contributed by atoms with Gasteiger partial charge in [-0.3, -0.25) is 4.98 Å². The van der Waals surface area contributed by atoms with Crippen molar-refractivity contribution in [1.29, 1.82) is 0 Å². The Kier molecular flexibility index (Phi) is 2.88. The summed E-state index contributed by atoms with van der Waals surface area (Å²) in [6, 6.07) is 15.2. The van der Waals surface area contributed by atoms with Crippen molar-refractivity contribution in [1.82, 2.24) is 9.97 Å². The summed E-state index contributed by atoms with van der Waals surface area (Å²) < 4.78 is 0. The number of hydrogen-bond donors (Lipinski definition) is 0. The van der Waals surface area contributed by atoms with Crippen molar-refractivity contribution in [2.45, 2.75) is 43.9 Å². The zero-order chi connectivity index (χ0) is 16.4. The largest absolute Gasteiger partial charge is 0.252 e. The second-order valence-corrected chi connectivity index (χ2v) is 8.40. The van der Waals surface area contributed by atoms with Crippen molar-refractivity contribution in [2.75, 3.05) is 0 Å². The van der Waals surface area contributed by atoms with Crippen LogP contribution < -0.4 is 0 Å². The fourth-order valence-corrected chi connectivity index (χ4v) is 5.91. The molecule has 124 valence electrons. The summed E-state index contributed by atoms with van der Waals surface area (Å²) in [6.45, 7) is 0. The van der Waals surface area contributed by atoms with Crippen LogP contribution in [0.3, 0.4) is 0 Å². The first-order valence-electron chi connectivity index (χ1n) is 9.69. The number of aromatic nitrogens is 2. The van der Waals surface area contributed by atoms with Crippen LogP contribution >= 0.6 is 0 Å². The van der Waals surface area contributed by atoms with E-state index in [1.165, 1.54) is 32.1 Å². The molecule has 2 nitrogen and oxygen atoms in total. The third-order valence-electron chi connectivity index (χ3n) is 6.83. The van der Waals surface area contributed by atoms with E-state index in [-0.39, 0.29) is 0 Å². The van der Waals surface area contributed by atoms with E-state index in [0.29, 0.717) is 0 Å². The Morgan fingerprint density at radius 2 is 1.36 bits per heavy atom. The Balaban J connectivity index is 1.53. The molecule has 1 aromatic heterocycles. The molecular weight excluding hydrogens is 304 g/mol. The average Bonchev–Trinajstić information content (AvgIpc) is 2.81. The van der Waals surface area contributed by atoms with Crippen LogP contribution in [0.5, 0.6) is 0 Å². The van der Waals surface area contributed by atoms with E-state index in [9.17, 15) is 0 Å². The van der Waals surface area contributed by atoms with E-state index in [1.807, 2.05) is 12.3 Å². The highest BCUT2D eigenvalue weighted by molar-refractivity contribution is 5.79. The molecule has 4 aliphatic carbocycles. The quantitative estimate of drug-likeness (QED) is 0.574. The molecule has 0 saturated heterocycles. The molecule has 0 radical (unpaired) electrons. The van der Waals surface area contributed by atoms with Crippen LogP contribution in [0.2, 0.25) is 0 Å². The van der Waals surface area contributed by atoms with Gasteiger partial charge in [0, 0.05) is 5.56 Å². The van der Waals surface area contributed by atoms with Gasteiger partial charge in [0.05, 0.1) is 22.9 Å². The molecule has 0 amide bonds. The van der Waals surface area contributed by atoms with Crippen LogP contribution in [0.25, 0.3) is 22.3 Å². The molecule has 4 aliphatic rings. The first-order chi connectivity index (χ1) is 12.3. The molecule has 0 spiro atoms. The molecule has 2 fully saturated rings. The van der Waals surface area contributed by atoms with Gasteiger partial charge in [-0.05, 0) is 79.0 Å². The SMILES string of the molecule is c1ccc(-c2cnc3cc4c(cc3n2)C2CC3CC(CC4C3)C2)cc1. The first-order valence-corrected chi connectivity index (χ1v) is 9.69. The Hall–Kier alpha value is -2.22. The maximum atomic E-state index is 4.97. The predicted molar refractivity (Wildman–Crippen MR) is 101 cm³/mol. The first kappa shape index (κ1) is 14.0. The van der Waals surface area contributed by atoms with Crippen molar-refractivity contribution >= 4 is 11.0 Å². The highest BCUT2D eigenvalue weighted by atomic mass is 14.8. The molecule has 2 atom stereocenters. The van der Waals surface area contributed by atoms with Gasteiger partial charge < -0.3 is 0 Å². The Morgan fingerprint density at radius 1 is 0.720 bits per heavy atom. The monoisotopic (exact) mass is 326 g/mol. The van der Waals surface area contributed by atoms with Crippen molar-refractivity contribution in [3.63, 3.8) is 0 Å². The van der Waals surface area contributed by atoms with Crippen LogP contribution in [-0.2, 0) is 0 Å². The summed E-state index contributed by atoms with van der Waals surface area (Å²) >= 11 is 0. The van der Waals surface area contributed by atoms with Gasteiger partial charge in [0.25, 0.3) is 0 Å². The van der Waals surface area contributed by atoms with E-state index < -0.39 is 0 Å². The lowest BCUT2D eigenvalue weighted by molar-refractivity contribution is 0.166. The van der Waals surface area contributed by atoms with E-state index in [2.05, 4.69) is 36.4 Å². The molecule has 0 aliphatic heterocycles. The fraction of sp³-hybridized carbons (Fsp3) is 0.391. The number of benzene rings is 2. The standard InChI is InChI=1S/C23H22N2/c1-2-4-16(5-3-1)23-13-24-21-11-19-17-7-14-6-15(8-17)10-18(9-14)20(19)12-22(21)25-23/h1-5,11-15,17-18H,6-10H2. The molecule has 2 unspecified atom stereocenters. The highest BCUT2D eigenvalue weighted by Gasteiger charge is 2.42. The van der Waals surface area contributed by atoms with Crippen LogP contribution in [0.4, 0.5) is 0 Å². The zero-order valence-corrected chi connectivity index (χ0v) is 14.4. The minimum atomic E-state index is 0.762. The Morgan fingerprint density at radius 3 is 2.04 bits per heavy atom. The molecule has 0 N–H and O–H groups in total. The second-order valence-electron chi connectivity index (χ2n) is 8.40. The van der Waals surface area contributed by atoms with E-state index in [4.69, 9.17) is 9.97 Å². The van der Waals surface area contributed by atoms with Crippen molar-refractivity contribution in [3.05, 3.63) is 59.8 Å². The molecule has 7 rings (SSSR count). The van der Waals surface area contributed by atoms with Crippen LogP contribution in [0.15, 0.2) is 48.7 Å². The molecular formula is C23H22N2. The Bertz CT molecular complexity index is 948. The minimum absolute atomic E-state index is 0.762. The topological polar surface area (TPSA) is 25.8 Å². The van der Waals surface area contributed by atoms with Crippen LogP contribution in [0.1, 0.15) is 55.1 Å². The normalized spacial score (nSPS) is 29.6. The molecule has 2 aromatic carbocycles. The number of hydrogen-bond acceptors (Lipinski definition) is 2. The number of nitrogens with zero attached hydrogens (tertiary/aromatic N) is 2. The van der Waals surface area contributed by atoms with Crippen molar-refractivity contribution in [2.24, 2.45) is 11.8 Å². The summed E-state index contributed by atoms with van der Waals surface area (Å²) in [6.07, 6.45) is 9.02. The lowest BCUT2D eigenvalue weighted by atomic mass is 9.67. The van der Waals surface area contributed by atoms with Gasteiger partial charge in [0.2, 0.25) is 0 Å². The third-order valence-corrected chi connectivity index (χ3v) is 6.83. The zero-order valence-electron chi connectivity index (χ0n) is 14.4. The Labute approximate surface area is 148 Å². The van der Waals surface area contributed by atoms with Gasteiger partial charge in [-0.25, -0.2) is 4.98 Å². The number of fused-ring (bicyclic) bond motifs is 1. The number of rotatable bonds is 1. The molecule has 1 heterocycles. The predicted octanol–water partition coefficient (Wildman–Crippen LogP) is 5.69. The maximum absolute atomic E-state index is 4.97. The van der Waals surface area contributed by atoms with Crippen molar-refractivity contribution in [3.8, 4) is 11.3 Å². The lowest BCUT2D eigenvalue weighted by Gasteiger charge is -2.38. The highest BCUT2D eigenvalue weighted by Crippen LogP contribution is 2.56. The van der Waals surface area contributed by atoms with Gasteiger partial charge in [0.1, 0.15) is 0 Å².